The predicted molar refractivity (Wildman–Crippen MR) is 60.7 cm³/mol. The summed E-state index contributed by atoms with van der Waals surface area (Å²) in [4.78, 5) is 0. The molecule has 15 heavy (non-hydrogen) atoms. The van der Waals surface area contributed by atoms with Crippen molar-refractivity contribution in [2.24, 2.45) is 5.92 Å². The van der Waals surface area contributed by atoms with Gasteiger partial charge < -0.3 is 15.5 Å². The molecule has 1 atom stereocenters. The van der Waals surface area contributed by atoms with E-state index in [4.69, 9.17) is 0 Å². The first kappa shape index (κ1) is 12.0. The molecule has 0 radical (unpaired) electrons. The molecule has 0 aromatic heterocycles. The molecule has 0 amide bonds. The van der Waals surface area contributed by atoms with Gasteiger partial charge in [0.05, 0.1) is 6.10 Å². The minimum atomic E-state index is -0.317. The number of phenolic OH excluding ortho intramolecular Hbond substituents is 1. The molecule has 3 nitrogen and oxygen atoms in total. The summed E-state index contributed by atoms with van der Waals surface area (Å²) >= 11 is 0. The number of hydrogen-bond acceptors (Lipinski definition) is 3. The van der Waals surface area contributed by atoms with Crippen LogP contribution in [0.2, 0.25) is 0 Å². The zero-order valence-electron chi connectivity index (χ0n) is 9.27. The number of benzene rings is 1. The summed E-state index contributed by atoms with van der Waals surface area (Å²) in [5.41, 5.74) is 1.02. The van der Waals surface area contributed by atoms with Gasteiger partial charge in [-0.05, 0) is 23.6 Å². The van der Waals surface area contributed by atoms with E-state index in [-0.39, 0.29) is 17.8 Å². The third kappa shape index (κ3) is 4.32. The number of nitrogens with one attached hydrogen (secondary N) is 1. The standard InChI is InChI=1S/C12H19NO2/c1-9(2)12(15)8-13-7-10-4-3-5-11(14)6-10/h3-6,9,12-15H,7-8H2,1-2H3. The Hall–Kier alpha value is -1.06. The quantitative estimate of drug-likeness (QED) is 0.689. The molecule has 3 heteroatoms. The van der Waals surface area contributed by atoms with E-state index in [9.17, 15) is 10.2 Å². The molecule has 0 heterocycles. The molecule has 0 saturated heterocycles. The van der Waals surface area contributed by atoms with Gasteiger partial charge in [-0.1, -0.05) is 26.0 Å². The molecule has 0 saturated carbocycles. The molecule has 1 aromatic rings. The minimum absolute atomic E-state index is 0.265. The van der Waals surface area contributed by atoms with Crippen molar-refractivity contribution in [3.8, 4) is 5.75 Å². The highest BCUT2D eigenvalue weighted by molar-refractivity contribution is 5.26. The molecule has 0 aliphatic carbocycles. The Bertz CT molecular complexity index is 299. The van der Waals surface area contributed by atoms with Crippen LogP contribution in [-0.2, 0) is 6.54 Å². The van der Waals surface area contributed by atoms with E-state index in [2.05, 4.69) is 5.32 Å². The van der Waals surface area contributed by atoms with Gasteiger partial charge in [0.15, 0.2) is 0 Å². The fourth-order valence-electron chi connectivity index (χ4n) is 1.27. The number of aliphatic hydroxyl groups excluding tert-OH is 1. The van der Waals surface area contributed by atoms with Gasteiger partial charge in [0.2, 0.25) is 0 Å². The summed E-state index contributed by atoms with van der Waals surface area (Å²) in [5, 5.41) is 21.9. The second-order valence-electron chi connectivity index (χ2n) is 4.11. The Morgan fingerprint density at radius 1 is 1.33 bits per heavy atom. The van der Waals surface area contributed by atoms with E-state index in [1.165, 1.54) is 0 Å². The number of rotatable bonds is 5. The van der Waals surface area contributed by atoms with Gasteiger partial charge in [-0.25, -0.2) is 0 Å². The molecule has 0 bridgehead atoms. The highest BCUT2D eigenvalue weighted by Crippen LogP contribution is 2.10. The zero-order chi connectivity index (χ0) is 11.3. The van der Waals surface area contributed by atoms with Crippen molar-refractivity contribution in [2.75, 3.05) is 6.54 Å². The third-order valence-corrected chi connectivity index (χ3v) is 2.36. The number of hydrogen-bond donors (Lipinski definition) is 3. The van der Waals surface area contributed by atoms with Crippen molar-refractivity contribution in [3.05, 3.63) is 29.8 Å². The van der Waals surface area contributed by atoms with Gasteiger partial charge in [0.25, 0.3) is 0 Å². The van der Waals surface area contributed by atoms with Crippen LogP contribution >= 0.6 is 0 Å². The Kier molecular flexibility index (Phi) is 4.59. The van der Waals surface area contributed by atoms with Crippen LogP contribution in [0.1, 0.15) is 19.4 Å². The second-order valence-corrected chi connectivity index (χ2v) is 4.11. The van der Waals surface area contributed by atoms with Gasteiger partial charge in [0.1, 0.15) is 5.75 Å². The maximum absolute atomic E-state index is 9.55. The molecule has 0 aliphatic heterocycles. The maximum atomic E-state index is 9.55. The Morgan fingerprint density at radius 3 is 2.67 bits per heavy atom. The number of phenols is 1. The molecule has 0 aliphatic rings. The molecule has 1 unspecified atom stereocenters. The zero-order valence-corrected chi connectivity index (χ0v) is 9.27. The van der Waals surface area contributed by atoms with E-state index >= 15 is 0 Å². The largest absolute Gasteiger partial charge is 0.508 e. The van der Waals surface area contributed by atoms with Gasteiger partial charge >= 0.3 is 0 Å². The fourth-order valence-corrected chi connectivity index (χ4v) is 1.27. The van der Waals surface area contributed by atoms with Crippen LogP contribution in [-0.4, -0.2) is 22.9 Å². The van der Waals surface area contributed by atoms with Gasteiger partial charge in [-0.2, -0.15) is 0 Å². The monoisotopic (exact) mass is 209 g/mol. The van der Waals surface area contributed by atoms with Crippen LogP contribution in [0.15, 0.2) is 24.3 Å². The normalized spacial score (nSPS) is 13.1. The molecule has 3 N–H and O–H groups in total. The summed E-state index contributed by atoms with van der Waals surface area (Å²) in [7, 11) is 0. The lowest BCUT2D eigenvalue weighted by atomic mass is 10.1. The van der Waals surface area contributed by atoms with E-state index in [1.54, 1.807) is 12.1 Å². The minimum Gasteiger partial charge on any atom is -0.508 e. The van der Waals surface area contributed by atoms with Gasteiger partial charge in [0, 0.05) is 13.1 Å². The lowest BCUT2D eigenvalue weighted by Crippen LogP contribution is -2.30. The van der Waals surface area contributed by atoms with Crippen LogP contribution in [0.4, 0.5) is 0 Å². The Morgan fingerprint density at radius 2 is 2.07 bits per heavy atom. The van der Waals surface area contributed by atoms with Gasteiger partial charge in [-0.3, -0.25) is 0 Å². The van der Waals surface area contributed by atoms with Crippen molar-refractivity contribution < 1.29 is 10.2 Å². The molecule has 1 aromatic carbocycles. The highest BCUT2D eigenvalue weighted by Gasteiger charge is 2.07. The molecule has 0 spiro atoms. The van der Waals surface area contributed by atoms with Crippen molar-refractivity contribution in [2.45, 2.75) is 26.5 Å². The molecule has 1 rings (SSSR count). The van der Waals surface area contributed by atoms with Gasteiger partial charge in [-0.15, -0.1) is 0 Å². The van der Waals surface area contributed by atoms with Crippen molar-refractivity contribution in [1.82, 2.24) is 5.32 Å². The van der Waals surface area contributed by atoms with Crippen LogP contribution in [0.3, 0.4) is 0 Å². The third-order valence-electron chi connectivity index (χ3n) is 2.36. The first-order chi connectivity index (χ1) is 7.09. The van der Waals surface area contributed by atoms with Crippen molar-refractivity contribution in [1.29, 1.82) is 0 Å². The molecular weight excluding hydrogens is 190 g/mol. The number of aromatic hydroxyl groups is 1. The first-order valence-corrected chi connectivity index (χ1v) is 5.26. The Labute approximate surface area is 90.8 Å². The van der Waals surface area contributed by atoms with Crippen molar-refractivity contribution >= 4 is 0 Å². The number of aliphatic hydroxyl groups is 1. The highest BCUT2D eigenvalue weighted by atomic mass is 16.3. The SMILES string of the molecule is CC(C)C(O)CNCc1cccc(O)c1. The molecular formula is C12H19NO2. The van der Waals surface area contributed by atoms with Crippen LogP contribution < -0.4 is 5.32 Å². The summed E-state index contributed by atoms with van der Waals surface area (Å²) < 4.78 is 0. The smallest absolute Gasteiger partial charge is 0.115 e. The van der Waals surface area contributed by atoms with Crippen molar-refractivity contribution in [3.63, 3.8) is 0 Å². The van der Waals surface area contributed by atoms with Crippen LogP contribution in [0.5, 0.6) is 5.75 Å². The summed E-state index contributed by atoms with van der Waals surface area (Å²) in [5.74, 6) is 0.542. The van der Waals surface area contributed by atoms with Crippen LogP contribution in [0.25, 0.3) is 0 Å². The van der Waals surface area contributed by atoms with E-state index in [0.717, 1.165) is 5.56 Å². The lowest BCUT2D eigenvalue weighted by molar-refractivity contribution is 0.123. The fraction of sp³-hybridized carbons (Fsp3) is 0.500. The van der Waals surface area contributed by atoms with E-state index in [0.29, 0.717) is 13.1 Å². The van der Waals surface area contributed by atoms with Crippen LogP contribution in [0, 0.1) is 5.92 Å². The first-order valence-electron chi connectivity index (χ1n) is 5.26. The molecule has 0 fully saturated rings. The predicted octanol–water partition coefficient (Wildman–Crippen LogP) is 1.50. The topological polar surface area (TPSA) is 52.5 Å². The maximum Gasteiger partial charge on any atom is 0.115 e. The Balaban J connectivity index is 2.32. The summed E-state index contributed by atoms with van der Waals surface area (Å²) in [6, 6.07) is 7.11. The average molecular weight is 209 g/mol. The van der Waals surface area contributed by atoms with E-state index < -0.39 is 0 Å². The lowest BCUT2D eigenvalue weighted by Gasteiger charge is -2.15. The van der Waals surface area contributed by atoms with E-state index in [1.807, 2.05) is 26.0 Å². The summed E-state index contributed by atoms with van der Waals surface area (Å²) in [6.45, 7) is 5.22. The molecule has 84 valence electrons. The average Bonchev–Trinajstić information content (AvgIpc) is 2.17. The summed E-state index contributed by atoms with van der Waals surface area (Å²) in [6.07, 6.45) is -0.317. The second kappa shape index (κ2) is 5.73.